The predicted molar refractivity (Wildman–Crippen MR) is 59.9 cm³/mol. The SMILES string of the molecule is CCCCCCC1CCCCC1C. The summed E-state index contributed by atoms with van der Waals surface area (Å²) in [5.74, 6) is 2.10. The van der Waals surface area contributed by atoms with E-state index < -0.39 is 0 Å². The van der Waals surface area contributed by atoms with Crippen molar-refractivity contribution in [3.05, 3.63) is 0 Å². The molecule has 0 aromatic heterocycles. The fourth-order valence-electron chi connectivity index (χ4n) is 2.66. The summed E-state index contributed by atoms with van der Waals surface area (Å²) in [6, 6.07) is 0. The van der Waals surface area contributed by atoms with Crippen molar-refractivity contribution in [1.29, 1.82) is 0 Å². The highest BCUT2D eigenvalue weighted by Gasteiger charge is 2.20. The molecule has 1 aliphatic carbocycles. The first-order chi connectivity index (χ1) is 6.34. The quantitative estimate of drug-likeness (QED) is 0.537. The minimum atomic E-state index is 1.02. The monoisotopic (exact) mass is 182 g/mol. The minimum Gasteiger partial charge on any atom is -0.0654 e. The fraction of sp³-hybridized carbons (Fsp3) is 1.00. The minimum absolute atomic E-state index is 1.02. The van der Waals surface area contributed by atoms with E-state index in [1.807, 2.05) is 0 Å². The van der Waals surface area contributed by atoms with Gasteiger partial charge in [0, 0.05) is 0 Å². The normalized spacial score (nSPS) is 29.1. The van der Waals surface area contributed by atoms with E-state index in [1.165, 1.54) is 57.8 Å². The lowest BCUT2D eigenvalue weighted by Gasteiger charge is -2.28. The van der Waals surface area contributed by atoms with Gasteiger partial charge in [-0.25, -0.2) is 0 Å². The molecular weight excluding hydrogens is 156 g/mol. The highest BCUT2D eigenvalue weighted by molar-refractivity contribution is 4.71. The smallest absolute Gasteiger partial charge is 0.0388 e. The van der Waals surface area contributed by atoms with Crippen LogP contribution in [0.2, 0.25) is 0 Å². The Balaban J connectivity index is 2.05. The number of unbranched alkanes of at least 4 members (excludes halogenated alkanes) is 3. The first kappa shape index (κ1) is 11.1. The molecule has 2 unspecified atom stereocenters. The van der Waals surface area contributed by atoms with E-state index >= 15 is 0 Å². The second-order valence-corrected chi connectivity index (χ2v) is 4.87. The molecule has 1 rings (SSSR count). The number of hydrogen-bond donors (Lipinski definition) is 0. The lowest BCUT2D eigenvalue weighted by atomic mass is 9.78. The summed E-state index contributed by atoms with van der Waals surface area (Å²) in [4.78, 5) is 0. The molecule has 78 valence electrons. The molecule has 0 heteroatoms. The molecule has 0 nitrogen and oxygen atoms in total. The van der Waals surface area contributed by atoms with E-state index in [0.29, 0.717) is 0 Å². The second kappa shape index (κ2) is 6.45. The van der Waals surface area contributed by atoms with Crippen molar-refractivity contribution in [2.24, 2.45) is 11.8 Å². The third-order valence-corrected chi connectivity index (χ3v) is 3.72. The lowest BCUT2D eigenvalue weighted by molar-refractivity contribution is 0.236. The van der Waals surface area contributed by atoms with Gasteiger partial charge in [-0.1, -0.05) is 71.6 Å². The van der Waals surface area contributed by atoms with Crippen LogP contribution in [0.25, 0.3) is 0 Å². The van der Waals surface area contributed by atoms with Crippen molar-refractivity contribution in [2.75, 3.05) is 0 Å². The predicted octanol–water partition coefficient (Wildman–Crippen LogP) is 4.78. The molecule has 2 atom stereocenters. The molecule has 0 aliphatic heterocycles. The third kappa shape index (κ3) is 4.15. The van der Waals surface area contributed by atoms with Crippen LogP contribution in [0.1, 0.15) is 71.6 Å². The Kier molecular flexibility index (Phi) is 5.50. The standard InChI is InChI=1S/C13H26/c1-3-4-5-6-10-13-11-8-7-9-12(13)2/h12-13H,3-11H2,1-2H3. The largest absolute Gasteiger partial charge is 0.0654 e. The Labute approximate surface area is 84.1 Å². The first-order valence-electron chi connectivity index (χ1n) is 6.34. The summed E-state index contributed by atoms with van der Waals surface area (Å²) in [6.45, 7) is 4.76. The van der Waals surface area contributed by atoms with Crippen LogP contribution in [-0.2, 0) is 0 Å². The highest BCUT2D eigenvalue weighted by atomic mass is 14.3. The van der Waals surface area contributed by atoms with Gasteiger partial charge in [0.15, 0.2) is 0 Å². The highest BCUT2D eigenvalue weighted by Crippen LogP contribution is 2.33. The van der Waals surface area contributed by atoms with E-state index in [4.69, 9.17) is 0 Å². The van der Waals surface area contributed by atoms with Gasteiger partial charge in [0.2, 0.25) is 0 Å². The van der Waals surface area contributed by atoms with Gasteiger partial charge in [-0.2, -0.15) is 0 Å². The first-order valence-corrected chi connectivity index (χ1v) is 6.34. The summed E-state index contributed by atoms with van der Waals surface area (Å²) in [6.07, 6.45) is 13.3. The summed E-state index contributed by atoms with van der Waals surface area (Å²) in [5, 5.41) is 0. The molecule has 1 fully saturated rings. The summed E-state index contributed by atoms with van der Waals surface area (Å²) >= 11 is 0. The Morgan fingerprint density at radius 1 is 1.00 bits per heavy atom. The molecule has 13 heavy (non-hydrogen) atoms. The molecule has 0 heterocycles. The zero-order chi connectivity index (χ0) is 9.52. The van der Waals surface area contributed by atoms with Crippen LogP contribution in [0, 0.1) is 11.8 Å². The molecule has 0 amide bonds. The van der Waals surface area contributed by atoms with Gasteiger partial charge in [-0.3, -0.25) is 0 Å². The van der Waals surface area contributed by atoms with Gasteiger partial charge < -0.3 is 0 Å². The van der Waals surface area contributed by atoms with E-state index in [-0.39, 0.29) is 0 Å². The summed E-state index contributed by atoms with van der Waals surface area (Å²) in [7, 11) is 0. The van der Waals surface area contributed by atoms with Gasteiger partial charge in [0.25, 0.3) is 0 Å². The van der Waals surface area contributed by atoms with Crippen LogP contribution < -0.4 is 0 Å². The fourth-order valence-corrected chi connectivity index (χ4v) is 2.66. The molecule has 0 spiro atoms. The molecule has 1 saturated carbocycles. The van der Waals surface area contributed by atoms with Gasteiger partial charge in [0.05, 0.1) is 0 Å². The maximum absolute atomic E-state index is 2.46. The van der Waals surface area contributed by atoms with E-state index in [0.717, 1.165) is 11.8 Å². The van der Waals surface area contributed by atoms with Crippen molar-refractivity contribution in [3.8, 4) is 0 Å². The van der Waals surface area contributed by atoms with Crippen molar-refractivity contribution in [1.82, 2.24) is 0 Å². The number of rotatable bonds is 5. The zero-order valence-electron chi connectivity index (χ0n) is 9.52. The van der Waals surface area contributed by atoms with E-state index in [9.17, 15) is 0 Å². The Morgan fingerprint density at radius 2 is 1.77 bits per heavy atom. The second-order valence-electron chi connectivity index (χ2n) is 4.87. The molecule has 0 bridgehead atoms. The Bertz CT molecular complexity index is 117. The molecule has 0 aromatic carbocycles. The van der Waals surface area contributed by atoms with Crippen molar-refractivity contribution in [2.45, 2.75) is 71.6 Å². The average Bonchev–Trinajstić information content (AvgIpc) is 2.15. The molecule has 0 N–H and O–H groups in total. The van der Waals surface area contributed by atoms with E-state index in [1.54, 1.807) is 0 Å². The van der Waals surface area contributed by atoms with Gasteiger partial charge in [0.1, 0.15) is 0 Å². The van der Waals surface area contributed by atoms with Gasteiger partial charge in [-0.15, -0.1) is 0 Å². The van der Waals surface area contributed by atoms with Crippen LogP contribution in [0.5, 0.6) is 0 Å². The Morgan fingerprint density at radius 3 is 2.46 bits per heavy atom. The van der Waals surface area contributed by atoms with Crippen LogP contribution in [0.15, 0.2) is 0 Å². The maximum Gasteiger partial charge on any atom is -0.0388 e. The molecule has 0 saturated heterocycles. The lowest BCUT2D eigenvalue weighted by Crippen LogP contribution is -2.16. The summed E-state index contributed by atoms with van der Waals surface area (Å²) in [5.41, 5.74) is 0. The van der Waals surface area contributed by atoms with Crippen molar-refractivity contribution < 1.29 is 0 Å². The number of hydrogen-bond acceptors (Lipinski definition) is 0. The Hall–Kier alpha value is 0. The van der Waals surface area contributed by atoms with Gasteiger partial charge >= 0.3 is 0 Å². The van der Waals surface area contributed by atoms with Crippen LogP contribution in [-0.4, -0.2) is 0 Å². The third-order valence-electron chi connectivity index (χ3n) is 3.72. The van der Waals surface area contributed by atoms with Crippen LogP contribution in [0.4, 0.5) is 0 Å². The molecule has 1 aliphatic rings. The summed E-state index contributed by atoms with van der Waals surface area (Å²) < 4.78 is 0. The molecular formula is C13H26. The van der Waals surface area contributed by atoms with Gasteiger partial charge in [-0.05, 0) is 11.8 Å². The zero-order valence-corrected chi connectivity index (χ0v) is 9.52. The van der Waals surface area contributed by atoms with Crippen LogP contribution in [0.3, 0.4) is 0 Å². The van der Waals surface area contributed by atoms with Crippen molar-refractivity contribution >= 4 is 0 Å². The van der Waals surface area contributed by atoms with E-state index in [2.05, 4.69) is 13.8 Å². The van der Waals surface area contributed by atoms with Crippen molar-refractivity contribution in [3.63, 3.8) is 0 Å². The molecule has 0 radical (unpaired) electrons. The topological polar surface area (TPSA) is 0 Å². The maximum atomic E-state index is 2.46. The average molecular weight is 182 g/mol. The van der Waals surface area contributed by atoms with Crippen LogP contribution >= 0.6 is 0 Å². The molecule has 0 aromatic rings.